The highest BCUT2D eigenvalue weighted by Crippen LogP contribution is 2.68. The van der Waals surface area contributed by atoms with Crippen LogP contribution >= 0.6 is 0 Å². The summed E-state index contributed by atoms with van der Waals surface area (Å²) in [4.78, 5) is 2.28. The molecule has 5 nitrogen and oxygen atoms in total. The number of aromatic nitrogens is 2. The van der Waals surface area contributed by atoms with Crippen molar-refractivity contribution in [3.63, 3.8) is 0 Å². The van der Waals surface area contributed by atoms with E-state index in [0.717, 1.165) is 18.8 Å². The molecule has 1 aliphatic heterocycles. The highest BCUT2D eigenvalue weighted by atomic mass is 16.3. The fourth-order valence-electron chi connectivity index (χ4n) is 4.57. The van der Waals surface area contributed by atoms with Crippen LogP contribution in [0.3, 0.4) is 0 Å². The quantitative estimate of drug-likeness (QED) is 0.884. The van der Waals surface area contributed by atoms with Crippen LogP contribution in [0.1, 0.15) is 17.2 Å². The molecule has 2 aromatic rings. The summed E-state index contributed by atoms with van der Waals surface area (Å²) < 4.78 is 1.88. The molecule has 1 spiro atoms. The predicted molar refractivity (Wildman–Crippen MR) is 86.7 cm³/mol. The number of β-amino-alcohol motifs (C(OH)–C–C–N with tert-alkyl or cyclic N) is 1. The van der Waals surface area contributed by atoms with Crippen molar-refractivity contribution < 1.29 is 10.2 Å². The van der Waals surface area contributed by atoms with E-state index in [9.17, 15) is 10.2 Å². The first kappa shape index (κ1) is 14.9. The Morgan fingerprint density at radius 3 is 2.70 bits per heavy atom. The first-order valence-electron chi connectivity index (χ1n) is 8.20. The van der Waals surface area contributed by atoms with Gasteiger partial charge in [-0.15, -0.1) is 0 Å². The number of likely N-dealkylation sites (tertiary alicyclic amines) is 1. The first-order valence-corrected chi connectivity index (χ1v) is 8.20. The van der Waals surface area contributed by atoms with Gasteiger partial charge in [0.1, 0.15) is 0 Å². The van der Waals surface area contributed by atoms with Gasteiger partial charge in [-0.3, -0.25) is 9.58 Å². The lowest BCUT2D eigenvalue weighted by Crippen LogP contribution is -2.23. The van der Waals surface area contributed by atoms with Crippen molar-refractivity contribution in [2.24, 2.45) is 18.4 Å². The van der Waals surface area contributed by atoms with E-state index in [1.54, 1.807) is 6.20 Å². The molecule has 2 heterocycles. The minimum Gasteiger partial charge on any atom is -0.396 e. The van der Waals surface area contributed by atoms with Crippen LogP contribution in [0.2, 0.25) is 0 Å². The van der Waals surface area contributed by atoms with E-state index in [4.69, 9.17) is 0 Å². The van der Waals surface area contributed by atoms with Crippen molar-refractivity contribution in [3.05, 3.63) is 53.9 Å². The molecule has 2 N–H and O–H groups in total. The van der Waals surface area contributed by atoms with Gasteiger partial charge in [-0.05, 0) is 23.5 Å². The van der Waals surface area contributed by atoms with Crippen LogP contribution in [0.4, 0.5) is 0 Å². The van der Waals surface area contributed by atoms with Crippen molar-refractivity contribution in [1.82, 2.24) is 14.7 Å². The molecular formula is C18H23N3O2. The van der Waals surface area contributed by atoms with Crippen LogP contribution in [0, 0.1) is 11.3 Å². The third-order valence-electron chi connectivity index (χ3n) is 5.78. The van der Waals surface area contributed by atoms with Crippen LogP contribution in [0.25, 0.3) is 0 Å². The minimum absolute atomic E-state index is 0.135. The number of nitrogens with zero attached hydrogens (tertiary/aromatic N) is 3. The van der Waals surface area contributed by atoms with E-state index in [-0.39, 0.29) is 23.9 Å². The standard InChI is InChI=1S/C18H23N3O2/c1-20-14(7-8-19-20)9-21-10-16(23)18(12-21)15(11-22)17(18)13-5-3-2-4-6-13/h2-8,15-17,22-23H,9-12H2,1H3/t15-,16+,17-,18-/m1/s1. The summed E-state index contributed by atoms with van der Waals surface area (Å²) in [6.45, 7) is 2.40. The maximum atomic E-state index is 10.7. The van der Waals surface area contributed by atoms with Crippen molar-refractivity contribution >= 4 is 0 Å². The topological polar surface area (TPSA) is 61.5 Å². The van der Waals surface area contributed by atoms with E-state index in [2.05, 4.69) is 22.1 Å². The van der Waals surface area contributed by atoms with Gasteiger partial charge in [-0.1, -0.05) is 30.3 Å². The number of aliphatic hydroxyl groups excluding tert-OH is 2. The lowest BCUT2D eigenvalue weighted by molar-refractivity contribution is 0.111. The summed E-state index contributed by atoms with van der Waals surface area (Å²) in [6, 6.07) is 12.3. The maximum absolute atomic E-state index is 10.7. The molecule has 5 heteroatoms. The Morgan fingerprint density at radius 2 is 2.04 bits per heavy atom. The summed E-state index contributed by atoms with van der Waals surface area (Å²) in [6.07, 6.45) is 1.41. The average Bonchev–Trinajstić information content (AvgIpc) is 2.85. The zero-order valence-electron chi connectivity index (χ0n) is 13.3. The molecule has 2 aliphatic rings. The fourth-order valence-corrected chi connectivity index (χ4v) is 4.57. The number of aliphatic hydroxyl groups is 2. The Kier molecular flexibility index (Phi) is 3.52. The molecule has 0 amide bonds. The lowest BCUT2D eigenvalue weighted by Gasteiger charge is -2.16. The molecule has 0 unspecified atom stereocenters. The summed E-state index contributed by atoms with van der Waals surface area (Å²) in [5.74, 6) is 0.400. The summed E-state index contributed by atoms with van der Waals surface area (Å²) in [5.41, 5.74) is 2.18. The molecule has 122 valence electrons. The highest BCUT2D eigenvalue weighted by molar-refractivity contribution is 5.36. The molecule has 1 aromatic heterocycles. The van der Waals surface area contributed by atoms with Gasteiger partial charge in [0.15, 0.2) is 0 Å². The monoisotopic (exact) mass is 313 g/mol. The van der Waals surface area contributed by atoms with Gasteiger partial charge in [-0.2, -0.15) is 5.10 Å². The Morgan fingerprint density at radius 1 is 1.26 bits per heavy atom. The van der Waals surface area contributed by atoms with Gasteiger partial charge < -0.3 is 10.2 Å². The SMILES string of the molecule is Cn1nccc1CN1C[C@H](O)[C@@]2(C1)[C@H](CO)[C@H]2c1ccccc1. The second-order valence-electron chi connectivity index (χ2n) is 6.92. The van der Waals surface area contributed by atoms with Crippen molar-refractivity contribution in [2.45, 2.75) is 18.6 Å². The van der Waals surface area contributed by atoms with Gasteiger partial charge in [0.2, 0.25) is 0 Å². The molecule has 4 atom stereocenters. The summed E-state index contributed by atoms with van der Waals surface area (Å²) in [5, 5.41) is 24.8. The molecule has 1 aliphatic carbocycles. The molecule has 2 fully saturated rings. The van der Waals surface area contributed by atoms with E-state index in [1.807, 2.05) is 36.0 Å². The number of rotatable bonds is 4. The van der Waals surface area contributed by atoms with Crippen LogP contribution in [0.5, 0.6) is 0 Å². The second kappa shape index (κ2) is 5.44. The molecular weight excluding hydrogens is 290 g/mol. The summed E-state index contributed by atoms with van der Waals surface area (Å²) >= 11 is 0. The Labute approximate surface area is 136 Å². The number of hydrogen-bond donors (Lipinski definition) is 2. The molecule has 0 bridgehead atoms. The van der Waals surface area contributed by atoms with E-state index in [0.29, 0.717) is 6.54 Å². The number of benzene rings is 1. The molecule has 1 aromatic carbocycles. The third kappa shape index (κ3) is 2.23. The Hall–Kier alpha value is -1.69. The smallest absolute Gasteiger partial charge is 0.0745 e. The fraction of sp³-hybridized carbons (Fsp3) is 0.500. The summed E-state index contributed by atoms with van der Waals surface area (Å²) in [7, 11) is 1.94. The number of aryl methyl sites for hydroxylation is 1. The van der Waals surface area contributed by atoms with Crippen molar-refractivity contribution in [1.29, 1.82) is 0 Å². The zero-order valence-corrected chi connectivity index (χ0v) is 13.3. The van der Waals surface area contributed by atoms with E-state index < -0.39 is 6.10 Å². The first-order chi connectivity index (χ1) is 11.2. The molecule has 1 saturated heterocycles. The van der Waals surface area contributed by atoms with Crippen LogP contribution in [-0.4, -0.2) is 50.7 Å². The number of hydrogen-bond acceptors (Lipinski definition) is 4. The van der Waals surface area contributed by atoms with Crippen LogP contribution < -0.4 is 0 Å². The second-order valence-corrected chi connectivity index (χ2v) is 6.92. The molecule has 0 radical (unpaired) electrons. The molecule has 23 heavy (non-hydrogen) atoms. The average molecular weight is 313 g/mol. The lowest BCUT2D eigenvalue weighted by atomic mass is 9.95. The third-order valence-corrected chi connectivity index (χ3v) is 5.78. The van der Waals surface area contributed by atoms with Gasteiger partial charge >= 0.3 is 0 Å². The Bertz CT molecular complexity index is 687. The predicted octanol–water partition coefficient (Wildman–Crippen LogP) is 0.989. The van der Waals surface area contributed by atoms with E-state index >= 15 is 0 Å². The van der Waals surface area contributed by atoms with Crippen LogP contribution in [0.15, 0.2) is 42.6 Å². The van der Waals surface area contributed by atoms with Crippen LogP contribution in [-0.2, 0) is 13.6 Å². The Balaban J connectivity index is 1.56. The minimum atomic E-state index is -0.391. The van der Waals surface area contributed by atoms with Gasteiger partial charge in [-0.25, -0.2) is 0 Å². The van der Waals surface area contributed by atoms with Crippen molar-refractivity contribution in [2.75, 3.05) is 19.7 Å². The maximum Gasteiger partial charge on any atom is 0.0745 e. The largest absolute Gasteiger partial charge is 0.396 e. The van der Waals surface area contributed by atoms with Gasteiger partial charge in [0.25, 0.3) is 0 Å². The molecule has 4 rings (SSSR count). The van der Waals surface area contributed by atoms with Gasteiger partial charge in [0, 0.05) is 44.9 Å². The normalized spacial score (nSPS) is 33.4. The molecule has 1 saturated carbocycles. The highest BCUT2D eigenvalue weighted by Gasteiger charge is 2.70. The van der Waals surface area contributed by atoms with E-state index in [1.165, 1.54) is 5.56 Å². The van der Waals surface area contributed by atoms with Crippen molar-refractivity contribution in [3.8, 4) is 0 Å². The zero-order chi connectivity index (χ0) is 16.0. The van der Waals surface area contributed by atoms with Gasteiger partial charge in [0.05, 0.1) is 11.8 Å².